The molecule has 1 aliphatic rings. The number of likely N-dealkylation sites (tertiary alicyclic amines) is 1. The lowest BCUT2D eigenvalue weighted by molar-refractivity contribution is 0.0299. The fourth-order valence-corrected chi connectivity index (χ4v) is 2.90. The summed E-state index contributed by atoms with van der Waals surface area (Å²) < 4.78 is 5.16. The zero-order chi connectivity index (χ0) is 12.4. The van der Waals surface area contributed by atoms with E-state index in [-0.39, 0.29) is 17.9 Å². The molecule has 0 aromatic carbocycles. The first-order valence-corrected chi connectivity index (χ1v) is 6.60. The number of aliphatic hydroxyl groups excluding tert-OH is 1. The van der Waals surface area contributed by atoms with Crippen molar-refractivity contribution >= 4 is 17.2 Å². The van der Waals surface area contributed by atoms with E-state index in [0.717, 1.165) is 0 Å². The molecule has 0 spiro atoms. The molecule has 0 saturated carbocycles. The van der Waals surface area contributed by atoms with Crippen LogP contribution in [0.1, 0.15) is 23.0 Å². The first kappa shape index (κ1) is 12.4. The summed E-state index contributed by atoms with van der Waals surface area (Å²) in [6, 6.07) is 1.81. The second-order valence-electron chi connectivity index (χ2n) is 4.40. The number of hydrogen-bond donors (Lipinski definition) is 1. The van der Waals surface area contributed by atoms with Crippen molar-refractivity contribution in [3.8, 4) is 5.75 Å². The van der Waals surface area contributed by atoms with E-state index < -0.39 is 0 Å². The number of rotatable bonds is 2. The van der Waals surface area contributed by atoms with Gasteiger partial charge in [-0.25, -0.2) is 0 Å². The first-order valence-electron chi connectivity index (χ1n) is 5.72. The van der Waals surface area contributed by atoms with E-state index in [1.165, 1.54) is 11.3 Å². The quantitative estimate of drug-likeness (QED) is 0.873. The van der Waals surface area contributed by atoms with Crippen molar-refractivity contribution < 1.29 is 14.6 Å². The van der Waals surface area contributed by atoms with Gasteiger partial charge < -0.3 is 14.7 Å². The maximum absolute atomic E-state index is 12.3. The van der Waals surface area contributed by atoms with Gasteiger partial charge in [0.15, 0.2) is 0 Å². The number of amides is 1. The molecule has 2 rings (SSSR count). The highest BCUT2D eigenvalue weighted by atomic mass is 32.1. The lowest BCUT2D eigenvalue weighted by atomic mass is 9.96. The Labute approximate surface area is 105 Å². The van der Waals surface area contributed by atoms with E-state index in [1.807, 2.05) is 12.3 Å². The molecule has 1 aliphatic heterocycles. The van der Waals surface area contributed by atoms with Gasteiger partial charge >= 0.3 is 0 Å². The molecule has 0 radical (unpaired) electrons. The largest absolute Gasteiger partial charge is 0.495 e. The third-order valence-electron chi connectivity index (χ3n) is 3.19. The molecule has 2 heterocycles. The fraction of sp³-hybridized carbons (Fsp3) is 0.583. The van der Waals surface area contributed by atoms with Gasteiger partial charge in [-0.05, 0) is 23.8 Å². The number of carbonyl (C=O) groups is 1. The van der Waals surface area contributed by atoms with Gasteiger partial charge in [0, 0.05) is 13.1 Å². The molecule has 1 amide bonds. The van der Waals surface area contributed by atoms with E-state index in [0.29, 0.717) is 30.1 Å². The minimum Gasteiger partial charge on any atom is -0.495 e. The van der Waals surface area contributed by atoms with Crippen LogP contribution >= 0.6 is 11.3 Å². The minimum atomic E-state index is -0.288. The van der Waals surface area contributed by atoms with Crippen LogP contribution in [0, 0.1) is 5.92 Å². The van der Waals surface area contributed by atoms with E-state index in [9.17, 15) is 9.90 Å². The zero-order valence-corrected chi connectivity index (χ0v) is 10.9. The van der Waals surface area contributed by atoms with Crippen molar-refractivity contribution in [1.82, 2.24) is 4.90 Å². The second-order valence-corrected chi connectivity index (χ2v) is 5.32. The number of aliphatic hydroxyl groups is 1. The zero-order valence-electron chi connectivity index (χ0n) is 10.0. The third kappa shape index (κ3) is 2.45. The van der Waals surface area contributed by atoms with Crippen molar-refractivity contribution in [2.75, 3.05) is 20.2 Å². The van der Waals surface area contributed by atoms with Gasteiger partial charge in [0.2, 0.25) is 0 Å². The van der Waals surface area contributed by atoms with E-state index in [1.54, 1.807) is 18.1 Å². The average molecular weight is 255 g/mol. The van der Waals surface area contributed by atoms with Crippen LogP contribution in [-0.4, -0.2) is 42.2 Å². The number of hydrogen-bond acceptors (Lipinski definition) is 4. The van der Waals surface area contributed by atoms with Crippen LogP contribution in [0.3, 0.4) is 0 Å². The van der Waals surface area contributed by atoms with Crippen LogP contribution in [0.25, 0.3) is 0 Å². The maximum Gasteiger partial charge on any atom is 0.267 e. The van der Waals surface area contributed by atoms with Crippen LogP contribution in [0.15, 0.2) is 11.4 Å². The maximum atomic E-state index is 12.3. The Bertz CT molecular complexity index is 404. The van der Waals surface area contributed by atoms with Crippen molar-refractivity contribution in [2.45, 2.75) is 19.4 Å². The van der Waals surface area contributed by atoms with Crippen molar-refractivity contribution in [3.63, 3.8) is 0 Å². The molecule has 94 valence electrons. The standard InChI is InChI=1S/C12H17NO3S/c1-8-7-13(5-3-9(8)14)12(15)11-10(16-2)4-6-17-11/h4,6,8-9,14H,3,5,7H2,1-2H3. The van der Waals surface area contributed by atoms with Crippen LogP contribution in [0.5, 0.6) is 5.75 Å². The SMILES string of the molecule is COc1ccsc1C(=O)N1CCC(O)C(C)C1. The summed E-state index contributed by atoms with van der Waals surface area (Å²) in [7, 11) is 1.57. The summed E-state index contributed by atoms with van der Waals surface area (Å²) in [5, 5.41) is 11.5. The Balaban J connectivity index is 2.10. The summed E-state index contributed by atoms with van der Waals surface area (Å²) in [6.07, 6.45) is 0.366. The Morgan fingerprint density at radius 3 is 3.06 bits per heavy atom. The molecule has 1 aromatic rings. The number of nitrogens with zero attached hydrogens (tertiary/aromatic N) is 1. The molecule has 5 heteroatoms. The Morgan fingerprint density at radius 1 is 1.65 bits per heavy atom. The molecule has 1 N–H and O–H groups in total. The normalized spacial score (nSPS) is 24.8. The third-order valence-corrected chi connectivity index (χ3v) is 4.07. The van der Waals surface area contributed by atoms with Crippen LogP contribution in [0.4, 0.5) is 0 Å². The van der Waals surface area contributed by atoms with Gasteiger partial charge in [-0.3, -0.25) is 4.79 Å². The van der Waals surface area contributed by atoms with E-state index in [4.69, 9.17) is 4.74 Å². The van der Waals surface area contributed by atoms with Gasteiger partial charge in [0.25, 0.3) is 5.91 Å². The number of ether oxygens (including phenoxy) is 1. The lowest BCUT2D eigenvalue weighted by Gasteiger charge is -2.34. The van der Waals surface area contributed by atoms with Gasteiger partial charge in [0.05, 0.1) is 13.2 Å². The second kappa shape index (κ2) is 5.06. The highest BCUT2D eigenvalue weighted by molar-refractivity contribution is 7.12. The molecular weight excluding hydrogens is 238 g/mol. The molecule has 2 atom stereocenters. The molecule has 2 unspecified atom stereocenters. The Kier molecular flexibility index (Phi) is 3.69. The molecule has 0 aliphatic carbocycles. The summed E-state index contributed by atoms with van der Waals surface area (Å²) >= 11 is 1.40. The number of methoxy groups -OCH3 is 1. The summed E-state index contributed by atoms with van der Waals surface area (Å²) in [5.74, 6) is 0.785. The monoisotopic (exact) mass is 255 g/mol. The van der Waals surface area contributed by atoms with E-state index in [2.05, 4.69) is 0 Å². The minimum absolute atomic E-state index is 0.00981. The molecule has 17 heavy (non-hydrogen) atoms. The van der Waals surface area contributed by atoms with Gasteiger partial charge in [0.1, 0.15) is 10.6 Å². The van der Waals surface area contributed by atoms with E-state index >= 15 is 0 Å². The van der Waals surface area contributed by atoms with Crippen LogP contribution < -0.4 is 4.74 Å². The molecule has 4 nitrogen and oxygen atoms in total. The first-order chi connectivity index (χ1) is 8.13. The smallest absolute Gasteiger partial charge is 0.267 e. The Morgan fingerprint density at radius 2 is 2.41 bits per heavy atom. The summed E-state index contributed by atoms with van der Waals surface area (Å²) in [5.41, 5.74) is 0. The number of piperidine rings is 1. The lowest BCUT2D eigenvalue weighted by Crippen LogP contribution is -2.44. The fourth-order valence-electron chi connectivity index (χ4n) is 2.08. The van der Waals surface area contributed by atoms with Crippen molar-refractivity contribution in [3.05, 3.63) is 16.3 Å². The summed E-state index contributed by atoms with van der Waals surface area (Å²) in [6.45, 7) is 3.20. The predicted molar refractivity (Wildman–Crippen MR) is 66.6 cm³/mol. The van der Waals surface area contributed by atoms with Crippen LogP contribution in [0.2, 0.25) is 0 Å². The highest BCUT2D eigenvalue weighted by Gasteiger charge is 2.29. The molecule has 1 fully saturated rings. The average Bonchev–Trinajstić information content (AvgIpc) is 2.80. The van der Waals surface area contributed by atoms with Crippen molar-refractivity contribution in [1.29, 1.82) is 0 Å². The van der Waals surface area contributed by atoms with Gasteiger partial charge in [-0.2, -0.15) is 0 Å². The molecule has 1 saturated heterocycles. The van der Waals surface area contributed by atoms with Crippen molar-refractivity contribution in [2.24, 2.45) is 5.92 Å². The molecule has 0 bridgehead atoms. The van der Waals surface area contributed by atoms with Gasteiger partial charge in [-0.1, -0.05) is 6.92 Å². The van der Waals surface area contributed by atoms with Gasteiger partial charge in [-0.15, -0.1) is 11.3 Å². The number of carbonyl (C=O) groups excluding carboxylic acids is 1. The topological polar surface area (TPSA) is 49.8 Å². The Hall–Kier alpha value is -1.07. The molecular formula is C12H17NO3S. The predicted octanol–water partition coefficient (Wildman–Crippen LogP) is 1.60. The summed E-state index contributed by atoms with van der Waals surface area (Å²) in [4.78, 5) is 14.7. The number of thiophene rings is 1. The highest BCUT2D eigenvalue weighted by Crippen LogP contribution is 2.27. The molecule has 1 aromatic heterocycles. The van der Waals surface area contributed by atoms with Crippen LogP contribution in [-0.2, 0) is 0 Å².